The summed E-state index contributed by atoms with van der Waals surface area (Å²) in [5.74, 6) is -6.38. The monoisotopic (exact) mass is 258 g/mol. The van der Waals surface area contributed by atoms with E-state index < -0.39 is 30.5 Å². The highest BCUT2D eigenvalue weighted by Crippen LogP contribution is 2.30. The smallest absolute Gasteiger partial charge is 0.270 e. The van der Waals surface area contributed by atoms with Crippen molar-refractivity contribution in [2.24, 2.45) is 0 Å². The second-order valence-corrected chi connectivity index (χ2v) is 4.25. The summed E-state index contributed by atoms with van der Waals surface area (Å²) in [6.07, 6.45) is 4.55. The Morgan fingerprint density at radius 3 is 1.56 bits per heavy atom. The van der Waals surface area contributed by atoms with Gasteiger partial charge in [0.1, 0.15) is 0 Å². The van der Waals surface area contributed by atoms with Crippen LogP contribution in [0.1, 0.15) is 12.8 Å². The van der Waals surface area contributed by atoms with E-state index in [4.69, 9.17) is 0 Å². The van der Waals surface area contributed by atoms with Gasteiger partial charge < -0.3 is 0 Å². The van der Waals surface area contributed by atoms with Crippen LogP contribution < -0.4 is 0 Å². The molecule has 5 heteroatoms. The number of ketones is 1. The van der Waals surface area contributed by atoms with E-state index in [0.29, 0.717) is 12.2 Å². The molecule has 0 aromatic rings. The number of Topliss-reactive ketones (excluding diaryl/α,β-unsaturated/α-hetero) is 1. The lowest BCUT2D eigenvalue weighted by atomic mass is 9.93. The largest absolute Gasteiger partial charge is 0.289 e. The van der Waals surface area contributed by atoms with Crippen molar-refractivity contribution in [1.82, 2.24) is 0 Å². The van der Waals surface area contributed by atoms with E-state index in [-0.39, 0.29) is 11.1 Å². The van der Waals surface area contributed by atoms with Gasteiger partial charge >= 0.3 is 0 Å². The highest BCUT2D eigenvalue weighted by Gasteiger charge is 2.30. The van der Waals surface area contributed by atoms with Gasteiger partial charge in [-0.1, -0.05) is 12.2 Å². The van der Waals surface area contributed by atoms with Gasteiger partial charge in [-0.25, -0.2) is 17.6 Å². The van der Waals surface area contributed by atoms with Crippen molar-refractivity contribution in [2.75, 3.05) is 0 Å². The molecule has 0 atom stereocenters. The van der Waals surface area contributed by atoms with Crippen molar-refractivity contribution in [2.45, 2.75) is 24.7 Å². The maximum absolute atomic E-state index is 12.8. The van der Waals surface area contributed by atoms with Crippen molar-refractivity contribution >= 4 is 5.78 Å². The summed E-state index contributed by atoms with van der Waals surface area (Å²) in [5.41, 5.74) is 0.226. The van der Waals surface area contributed by atoms with Crippen molar-refractivity contribution < 1.29 is 22.4 Å². The SMILES string of the molecule is O=C(C1=CCC(F)(F)C=C1)C1=CCC(F)(F)C=C1. The van der Waals surface area contributed by atoms with Gasteiger partial charge in [0.15, 0.2) is 5.78 Å². The first-order valence-corrected chi connectivity index (χ1v) is 5.38. The Balaban J connectivity index is 2.12. The van der Waals surface area contributed by atoms with Crippen LogP contribution in [0.25, 0.3) is 0 Å². The van der Waals surface area contributed by atoms with Crippen molar-refractivity contribution in [1.29, 1.82) is 0 Å². The van der Waals surface area contributed by atoms with E-state index in [1.807, 2.05) is 0 Å². The van der Waals surface area contributed by atoms with Crippen LogP contribution in [0, 0.1) is 0 Å². The van der Waals surface area contributed by atoms with Gasteiger partial charge in [0, 0.05) is 24.0 Å². The van der Waals surface area contributed by atoms with Crippen LogP contribution in [0.15, 0.2) is 47.6 Å². The summed E-state index contributed by atoms with van der Waals surface area (Å²) in [6, 6.07) is 0. The average Bonchev–Trinajstić information content (AvgIpc) is 2.28. The van der Waals surface area contributed by atoms with Crippen LogP contribution in [0.3, 0.4) is 0 Å². The van der Waals surface area contributed by atoms with Crippen LogP contribution >= 0.6 is 0 Å². The lowest BCUT2D eigenvalue weighted by Gasteiger charge is -2.17. The molecule has 0 aromatic heterocycles. The normalized spacial score (nSPS) is 24.4. The molecule has 96 valence electrons. The second-order valence-electron chi connectivity index (χ2n) is 4.25. The number of hydrogen-bond donors (Lipinski definition) is 0. The third-order valence-corrected chi connectivity index (χ3v) is 2.73. The van der Waals surface area contributed by atoms with Gasteiger partial charge in [-0.2, -0.15) is 0 Å². The van der Waals surface area contributed by atoms with E-state index >= 15 is 0 Å². The lowest BCUT2D eigenvalue weighted by molar-refractivity contribution is -0.111. The van der Waals surface area contributed by atoms with Crippen LogP contribution in [0.5, 0.6) is 0 Å². The number of carbonyl (C=O) groups is 1. The van der Waals surface area contributed by atoms with Crippen LogP contribution in [0.4, 0.5) is 17.6 Å². The van der Waals surface area contributed by atoms with Gasteiger partial charge in [0.25, 0.3) is 11.8 Å². The molecule has 0 radical (unpaired) electrons. The number of hydrogen-bond acceptors (Lipinski definition) is 1. The summed E-state index contributed by atoms with van der Waals surface area (Å²) in [7, 11) is 0. The third-order valence-electron chi connectivity index (χ3n) is 2.73. The summed E-state index contributed by atoms with van der Waals surface area (Å²) in [6.45, 7) is 0. The first kappa shape index (κ1) is 12.8. The second kappa shape index (κ2) is 4.23. The molecule has 0 N–H and O–H groups in total. The summed E-state index contributed by atoms with van der Waals surface area (Å²) in [5, 5.41) is 0. The molecule has 0 amide bonds. The fourth-order valence-electron chi connectivity index (χ4n) is 1.69. The predicted octanol–water partition coefficient (Wildman–Crippen LogP) is 3.60. The maximum Gasteiger partial charge on any atom is 0.270 e. The molecule has 18 heavy (non-hydrogen) atoms. The summed E-state index contributed by atoms with van der Waals surface area (Å²) >= 11 is 0. The molecule has 2 rings (SSSR count). The number of carbonyl (C=O) groups excluding carboxylic acids is 1. The minimum atomic E-state index is -2.94. The molecule has 0 aromatic carbocycles. The molecule has 0 fully saturated rings. The zero-order valence-corrected chi connectivity index (χ0v) is 9.30. The first-order valence-electron chi connectivity index (χ1n) is 5.38. The van der Waals surface area contributed by atoms with Crippen molar-refractivity contribution in [3.05, 3.63) is 47.6 Å². The van der Waals surface area contributed by atoms with Crippen molar-refractivity contribution in [3.63, 3.8) is 0 Å². The highest BCUT2D eigenvalue weighted by molar-refractivity contribution is 6.12. The topological polar surface area (TPSA) is 17.1 Å². The number of rotatable bonds is 2. The van der Waals surface area contributed by atoms with E-state index in [1.54, 1.807) is 0 Å². The van der Waals surface area contributed by atoms with Crippen LogP contribution in [-0.2, 0) is 4.79 Å². The van der Waals surface area contributed by atoms with Crippen LogP contribution in [-0.4, -0.2) is 17.6 Å². The van der Waals surface area contributed by atoms with Gasteiger partial charge in [-0.3, -0.25) is 4.79 Å². The lowest BCUT2D eigenvalue weighted by Crippen LogP contribution is -2.19. The zero-order valence-electron chi connectivity index (χ0n) is 9.30. The number of alkyl halides is 4. The minimum absolute atomic E-state index is 0.113. The molecular weight excluding hydrogens is 248 g/mol. The van der Waals surface area contributed by atoms with E-state index in [9.17, 15) is 22.4 Å². The van der Waals surface area contributed by atoms with Crippen molar-refractivity contribution in [3.8, 4) is 0 Å². The molecule has 2 aliphatic carbocycles. The summed E-state index contributed by atoms with van der Waals surface area (Å²) in [4.78, 5) is 11.8. The first-order chi connectivity index (χ1) is 8.29. The van der Waals surface area contributed by atoms with E-state index in [1.165, 1.54) is 0 Å². The molecule has 0 unspecified atom stereocenters. The predicted molar refractivity (Wildman–Crippen MR) is 58.6 cm³/mol. The molecule has 0 aliphatic heterocycles. The fraction of sp³-hybridized carbons (Fsp3) is 0.308. The third kappa shape index (κ3) is 2.78. The van der Waals surface area contributed by atoms with Gasteiger partial charge in [0.05, 0.1) is 0 Å². The Morgan fingerprint density at radius 1 is 0.889 bits per heavy atom. The van der Waals surface area contributed by atoms with Gasteiger partial charge in [-0.05, 0) is 24.3 Å². The van der Waals surface area contributed by atoms with Crippen LogP contribution in [0.2, 0.25) is 0 Å². The Bertz CT molecular complexity index is 451. The molecule has 0 heterocycles. The fourth-order valence-corrected chi connectivity index (χ4v) is 1.69. The number of allylic oxidation sites excluding steroid dienone is 8. The standard InChI is InChI=1S/C13H10F4O/c14-12(15)5-1-9(2-6-12)11(18)10-3-7-13(16,17)8-4-10/h1-5,7H,6,8H2. The molecule has 0 saturated carbocycles. The molecular formula is C13H10F4O. The summed E-state index contributed by atoms with van der Waals surface area (Å²) < 4.78 is 51.3. The quantitative estimate of drug-likeness (QED) is 0.692. The highest BCUT2D eigenvalue weighted by atomic mass is 19.3. The molecule has 1 nitrogen and oxygen atoms in total. The number of halogens is 4. The van der Waals surface area contributed by atoms with E-state index in [2.05, 4.69) is 0 Å². The Labute approximate surface area is 101 Å². The molecule has 0 spiro atoms. The zero-order chi connectivity index (χ0) is 13.4. The molecule has 2 aliphatic rings. The van der Waals surface area contributed by atoms with Gasteiger partial charge in [0.2, 0.25) is 0 Å². The Hall–Kier alpha value is -1.65. The average molecular weight is 258 g/mol. The minimum Gasteiger partial charge on any atom is -0.289 e. The van der Waals surface area contributed by atoms with Gasteiger partial charge in [-0.15, -0.1) is 0 Å². The van der Waals surface area contributed by atoms with E-state index in [0.717, 1.165) is 24.3 Å². The molecule has 0 bridgehead atoms. The maximum atomic E-state index is 12.8. The Kier molecular flexibility index (Phi) is 3.00. The molecule has 0 saturated heterocycles. The Morgan fingerprint density at radius 2 is 1.28 bits per heavy atom.